The van der Waals surface area contributed by atoms with Gasteiger partial charge in [-0.1, -0.05) is 90.3 Å². The topological polar surface area (TPSA) is 134 Å². The quantitative estimate of drug-likeness (QED) is 0.129. The van der Waals surface area contributed by atoms with Gasteiger partial charge < -0.3 is 21.5 Å². The average Bonchev–Trinajstić information content (AvgIpc) is 3.32. The number of azide groups is 1. The SMILES string of the molecule is Cc1ccc(C(C#C[Si](C)(C)C)NC(=O)CN2NC=C(C(NC(=O)CN=[N+]=[N-])c3ccc(C)cc3)N2)cc1. The zero-order chi connectivity index (χ0) is 27.7. The van der Waals surface area contributed by atoms with E-state index in [1.807, 2.05) is 62.4 Å². The molecule has 0 fully saturated rings. The molecule has 0 aliphatic carbocycles. The molecule has 2 aromatic rings. The first kappa shape index (κ1) is 28.3. The van der Waals surface area contributed by atoms with E-state index in [4.69, 9.17) is 5.53 Å². The summed E-state index contributed by atoms with van der Waals surface area (Å²) in [6.45, 7) is 10.2. The molecule has 2 atom stereocenters. The van der Waals surface area contributed by atoms with E-state index in [2.05, 4.69) is 62.6 Å². The largest absolute Gasteiger partial charge is 0.343 e. The molecule has 3 rings (SSSR count). The summed E-state index contributed by atoms with van der Waals surface area (Å²) < 4.78 is 0. The average molecular weight is 531 g/mol. The number of nitrogens with zero attached hydrogens (tertiary/aromatic N) is 4. The Balaban J connectivity index is 1.69. The summed E-state index contributed by atoms with van der Waals surface area (Å²) >= 11 is 0. The molecule has 2 aromatic carbocycles. The summed E-state index contributed by atoms with van der Waals surface area (Å²) in [5.74, 6) is 2.62. The Morgan fingerprint density at radius 3 is 2.18 bits per heavy atom. The fourth-order valence-electron chi connectivity index (χ4n) is 3.60. The Labute approximate surface area is 224 Å². The van der Waals surface area contributed by atoms with Crippen LogP contribution in [0.1, 0.15) is 34.3 Å². The number of amides is 2. The molecule has 4 N–H and O–H groups in total. The predicted molar refractivity (Wildman–Crippen MR) is 150 cm³/mol. The molecular formula is C27H34N8O2Si. The van der Waals surface area contributed by atoms with Crippen molar-refractivity contribution < 1.29 is 9.59 Å². The van der Waals surface area contributed by atoms with Crippen molar-refractivity contribution in [2.24, 2.45) is 5.11 Å². The van der Waals surface area contributed by atoms with Crippen LogP contribution in [0.4, 0.5) is 0 Å². The van der Waals surface area contributed by atoms with Gasteiger partial charge in [0.25, 0.3) is 0 Å². The third-order valence-corrected chi connectivity index (χ3v) is 6.45. The fourth-order valence-corrected chi connectivity index (χ4v) is 4.18. The van der Waals surface area contributed by atoms with Crippen molar-refractivity contribution in [1.29, 1.82) is 0 Å². The number of aryl methyl sites for hydroxylation is 2. The summed E-state index contributed by atoms with van der Waals surface area (Å²) in [4.78, 5) is 28.0. The number of hydrogen-bond acceptors (Lipinski definition) is 6. The molecule has 38 heavy (non-hydrogen) atoms. The van der Waals surface area contributed by atoms with Gasteiger partial charge in [0.15, 0.2) is 0 Å². The molecule has 11 heteroatoms. The van der Waals surface area contributed by atoms with E-state index in [-0.39, 0.29) is 19.0 Å². The van der Waals surface area contributed by atoms with Crippen molar-refractivity contribution in [1.82, 2.24) is 26.6 Å². The molecule has 10 nitrogen and oxygen atoms in total. The van der Waals surface area contributed by atoms with E-state index >= 15 is 0 Å². The molecule has 0 spiro atoms. The number of hydrogen-bond donors (Lipinski definition) is 4. The van der Waals surface area contributed by atoms with E-state index in [9.17, 15) is 9.59 Å². The molecular weight excluding hydrogens is 496 g/mol. The van der Waals surface area contributed by atoms with Gasteiger partial charge in [-0.25, -0.2) is 0 Å². The van der Waals surface area contributed by atoms with E-state index in [0.717, 1.165) is 22.3 Å². The highest BCUT2D eigenvalue weighted by atomic mass is 28.3. The van der Waals surface area contributed by atoms with Crippen LogP contribution < -0.4 is 21.5 Å². The van der Waals surface area contributed by atoms with Crippen molar-refractivity contribution in [3.63, 3.8) is 0 Å². The van der Waals surface area contributed by atoms with Crippen molar-refractivity contribution in [2.75, 3.05) is 13.1 Å². The first-order valence-electron chi connectivity index (χ1n) is 12.3. The molecule has 2 unspecified atom stereocenters. The van der Waals surface area contributed by atoms with Crippen molar-refractivity contribution in [3.8, 4) is 11.5 Å². The van der Waals surface area contributed by atoms with E-state index in [1.165, 1.54) is 5.12 Å². The second kappa shape index (κ2) is 12.8. The Hall–Kier alpha value is -4.23. The molecule has 0 bridgehead atoms. The number of carbonyl (C=O) groups is 2. The van der Waals surface area contributed by atoms with Crippen LogP contribution in [0.3, 0.4) is 0 Å². The molecule has 0 saturated heterocycles. The number of rotatable bonds is 9. The van der Waals surface area contributed by atoms with Crippen LogP contribution in [0.2, 0.25) is 19.6 Å². The third-order valence-electron chi connectivity index (χ3n) is 5.55. The maximum absolute atomic E-state index is 13.0. The van der Waals surface area contributed by atoms with Crippen molar-refractivity contribution >= 4 is 19.9 Å². The number of benzene rings is 2. The molecule has 1 aliphatic rings. The molecule has 198 valence electrons. The van der Waals surface area contributed by atoms with Crippen LogP contribution in [0.25, 0.3) is 10.4 Å². The maximum atomic E-state index is 13.0. The maximum Gasteiger partial charge on any atom is 0.239 e. The summed E-state index contributed by atoms with van der Waals surface area (Å²) in [5, 5.41) is 10.8. The zero-order valence-corrected chi connectivity index (χ0v) is 23.4. The lowest BCUT2D eigenvalue weighted by Crippen LogP contribution is -2.47. The first-order valence-corrected chi connectivity index (χ1v) is 15.8. The van der Waals surface area contributed by atoms with Gasteiger partial charge in [-0.15, -0.1) is 10.7 Å². The minimum Gasteiger partial charge on any atom is -0.343 e. The highest BCUT2D eigenvalue weighted by Gasteiger charge is 2.26. The molecule has 1 aliphatic heterocycles. The van der Waals surface area contributed by atoms with E-state index in [1.54, 1.807) is 6.20 Å². The smallest absolute Gasteiger partial charge is 0.239 e. The van der Waals surface area contributed by atoms with Crippen LogP contribution >= 0.6 is 0 Å². The Kier molecular flexibility index (Phi) is 9.57. The lowest BCUT2D eigenvalue weighted by molar-refractivity contribution is -0.124. The minimum atomic E-state index is -1.65. The van der Waals surface area contributed by atoms with E-state index < -0.39 is 26.1 Å². The van der Waals surface area contributed by atoms with Crippen LogP contribution in [-0.2, 0) is 9.59 Å². The van der Waals surface area contributed by atoms with E-state index in [0.29, 0.717) is 5.70 Å². The predicted octanol–water partition coefficient (Wildman–Crippen LogP) is 3.68. The number of carbonyl (C=O) groups excluding carboxylic acids is 2. The first-order chi connectivity index (χ1) is 18.0. The van der Waals surface area contributed by atoms with Crippen LogP contribution in [-0.4, -0.2) is 38.1 Å². The number of hydrazine groups is 2. The zero-order valence-electron chi connectivity index (χ0n) is 22.4. The lowest BCUT2D eigenvalue weighted by Gasteiger charge is -2.24. The van der Waals surface area contributed by atoms with Crippen molar-refractivity contribution in [3.05, 3.63) is 93.1 Å². The monoisotopic (exact) mass is 530 g/mol. The molecule has 0 saturated carbocycles. The summed E-state index contributed by atoms with van der Waals surface area (Å²) in [6, 6.07) is 14.7. The normalized spacial score (nSPS) is 14.4. The van der Waals surface area contributed by atoms with Crippen LogP contribution in [0, 0.1) is 25.3 Å². The van der Waals surface area contributed by atoms with Gasteiger partial charge >= 0.3 is 0 Å². The summed E-state index contributed by atoms with van der Waals surface area (Å²) in [6.07, 6.45) is 1.69. The fraction of sp³-hybridized carbons (Fsp3) is 0.333. The molecule has 1 heterocycles. The Bertz CT molecular complexity index is 1280. The van der Waals surface area contributed by atoms with Crippen molar-refractivity contribution in [2.45, 2.75) is 45.6 Å². The van der Waals surface area contributed by atoms with Gasteiger partial charge in [0.2, 0.25) is 11.8 Å². The molecule has 0 radical (unpaired) electrons. The van der Waals surface area contributed by atoms with Gasteiger partial charge in [0.1, 0.15) is 27.2 Å². The molecule has 2 amide bonds. The standard InChI is InChI=1S/C27H34N8O2Si/c1-19-6-10-21(11-7-19)23(14-15-38(3,4)5)31-26(37)18-35-30-16-24(33-35)27(32-25(36)17-29-34-28)22-12-8-20(2)9-13-22/h6-13,16,23,27,30,33H,17-18H2,1-5H3,(H,31,37)(H,32,36). The number of nitrogens with one attached hydrogen (secondary N) is 4. The van der Waals surface area contributed by atoms with Gasteiger partial charge in [-0.05, 0) is 30.5 Å². The second-order valence-corrected chi connectivity index (χ2v) is 14.9. The van der Waals surface area contributed by atoms with Gasteiger partial charge in [-0.2, -0.15) is 0 Å². The Morgan fingerprint density at radius 1 is 1.00 bits per heavy atom. The highest BCUT2D eigenvalue weighted by Crippen LogP contribution is 2.22. The highest BCUT2D eigenvalue weighted by molar-refractivity contribution is 6.83. The van der Waals surface area contributed by atoms with Gasteiger partial charge in [0, 0.05) is 11.1 Å². The van der Waals surface area contributed by atoms with Gasteiger partial charge in [-0.3, -0.25) is 9.59 Å². The second-order valence-electron chi connectivity index (χ2n) is 10.2. The Morgan fingerprint density at radius 2 is 1.61 bits per heavy atom. The van der Waals surface area contributed by atoms with Crippen LogP contribution in [0.15, 0.2) is 65.5 Å². The summed E-state index contributed by atoms with van der Waals surface area (Å²) in [7, 11) is -1.65. The molecule has 0 aromatic heterocycles. The van der Waals surface area contributed by atoms with Crippen LogP contribution in [0.5, 0.6) is 0 Å². The summed E-state index contributed by atoms with van der Waals surface area (Å²) in [5.41, 5.74) is 22.7. The third kappa shape index (κ3) is 8.71. The minimum absolute atomic E-state index is 0.00965. The lowest BCUT2D eigenvalue weighted by atomic mass is 10.0. The van der Waals surface area contributed by atoms with Gasteiger partial charge in [0.05, 0.1) is 11.7 Å².